The molecule has 1 aromatic carbocycles. The van der Waals surface area contributed by atoms with Gasteiger partial charge in [0.05, 0.1) is 5.52 Å². The number of aliphatic hydroxyl groups is 1. The van der Waals surface area contributed by atoms with Crippen LogP contribution in [0.1, 0.15) is 18.4 Å². The van der Waals surface area contributed by atoms with E-state index in [1.165, 1.54) is 17.4 Å². The molecule has 1 aliphatic rings. The standard InChI is InChI=1S/C16H20N2O/c19-10-7-13-6-9-18(11-13)12-14-5-8-17-16-4-2-1-3-15(14)16/h1-5,8,13,19H,6-7,9-12H2. The lowest BCUT2D eigenvalue weighted by Crippen LogP contribution is -2.20. The minimum atomic E-state index is 0.316. The molecule has 1 aromatic heterocycles. The molecule has 2 heterocycles. The smallest absolute Gasteiger partial charge is 0.0705 e. The summed E-state index contributed by atoms with van der Waals surface area (Å²) < 4.78 is 0. The highest BCUT2D eigenvalue weighted by Gasteiger charge is 2.22. The van der Waals surface area contributed by atoms with E-state index in [0.717, 1.165) is 31.6 Å². The third-order valence-electron chi connectivity index (χ3n) is 4.04. The highest BCUT2D eigenvalue weighted by atomic mass is 16.3. The summed E-state index contributed by atoms with van der Waals surface area (Å²) in [7, 11) is 0. The number of hydrogen-bond acceptors (Lipinski definition) is 3. The number of rotatable bonds is 4. The van der Waals surface area contributed by atoms with Crippen molar-refractivity contribution in [3.63, 3.8) is 0 Å². The number of para-hydroxylation sites is 1. The van der Waals surface area contributed by atoms with E-state index in [0.29, 0.717) is 12.5 Å². The van der Waals surface area contributed by atoms with Gasteiger partial charge in [0.2, 0.25) is 0 Å². The van der Waals surface area contributed by atoms with Crippen molar-refractivity contribution in [2.45, 2.75) is 19.4 Å². The number of benzene rings is 1. The molecule has 1 saturated heterocycles. The first kappa shape index (κ1) is 12.6. The van der Waals surface area contributed by atoms with Crippen molar-refractivity contribution in [2.75, 3.05) is 19.7 Å². The molecule has 0 saturated carbocycles. The molecular weight excluding hydrogens is 236 g/mol. The normalized spacial score (nSPS) is 20.2. The van der Waals surface area contributed by atoms with Gasteiger partial charge in [0, 0.05) is 31.3 Å². The Morgan fingerprint density at radius 1 is 1.26 bits per heavy atom. The van der Waals surface area contributed by atoms with Crippen molar-refractivity contribution >= 4 is 10.9 Å². The molecule has 0 bridgehead atoms. The van der Waals surface area contributed by atoms with E-state index in [1.807, 2.05) is 12.3 Å². The maximum atomic E-state index is 9.02. The van der Waals surface area contributed by atoms with Crippen molar-refractivity contribution in [1.82, 2.24) is 9.88 Å². The topological polar surface area (TPSA) is 36.4 Å². The third kappa shape index (κ3) is 2.77. The van der Waals surface area contributed by atoms with Gasteiger partial charge in [-0.15, -0.1) is 0 Å². The van der Waals surface area contributed by atoms with Crippen LogP contribution in [0.5, 0.6) is 0 Å². The molecule has 1 fully saturated rings. The molecule has 2 aromatic rings. The Morgan fingerprint density at radius 3 is 3.05 bits per heavy atom. The van der Waals surface area contributed by atoms with E-state index < -0.39 is 0 Å². The summed E-state index contributed by atoms with van der Waals surface area (Å²) >= 11 is 0. The van der Waals surface area contributed by atoms with E-state index in [9.17, 15) is 0 Å². The largest absolute Gasteiger partial charge is 0.396 e. The zero-order valence-electron chi connectivity index (χ0n) is 11.1. The Kier molecular flexibility index (Phi) is 3.76. The van der Waals surface area contributed by atoms with E-state index in [1.54, 1.807) is 0 Å². The molecule has 3 heteroatoms. The molecule has 0 radical (unpaired) electrons. The zero-order chi connectivity index (χ0) is 13.1. The number of pyridine rings is 1. The molecule has 0 spiro atoms. The van der Waals surface area contributed by atoms with Crippen LogP contribution in [0, 0.1) is 5.92 Å². The van der Waals surface area contributed by atoms with Crippen LogP contribution in [0.3, 0.4) is 0 Å². The molecule has 0 aliphatic carbocycles. The van der Waals surface area contributed by atoms with E-state index in [-0.39, 0.29) is 0 Å². The van der Waals surface area contributed by atoms with Gasteiger partial charge in [-0.25, -0.2) is 0 Å². The second-order valence-electron chi connectivity index (χ2n) is 5.39. The zero-order valence-corrected chi connectivity index (χ0v) is 11.1. The molecule has 1 aliphatic heterocycles. The van der Waals surface area contributed by atoms with Gasteiger partial charge in [0.15, 0.2) is 0 Å². The fraction of sp³-hybridized carbons (Fsp3) is 0.438. The lowest BCUT2D eigenvalue weighted by Gasteiger charge is -2.17. The minimum absolute atomic E-state index is 0.316. The highest BCUT2D eigenvalue weighted by molar-refractivity contribution is 5.81. The average molecular weight is 256 g/mol. The van der Waals surface area contributed by atoms with Crippen LogP contribution in [-0.4, -0.2) is 34.7 Å². The molecule has 3 nitrogen and oxygen atoms in total. The van der Waals surface area contributed by atoms with Crippen molar-refractivity contribution in [2.24, 2.45) is 5.92 Å². The van der Waals surface area contributed by atoms with Crippen molar-refractivity contribution in [1.29, 1.82) is 0 Å². The predicted octanol–water partition coefficient (Wildman–Crippen LogP) is 2.44. The highest BCUT2D eigenvalue weighted by Crippen LogP contribution is 2.23. The van der Waals surface area contributed by atoms with Gasteiger partial charge in [-0.3, -0.25) is 9.88 Å². The van der Waals surface area contributed by atoms with Crippen LogP contribution < -0.4 is 0 Å². The summed E-state index contributed by atoms with van der Waals surface area (Å²) in [6.07, 6.45) is 4.05. The van der Waals surface area contributed by atoms with Gasteiger partial charge >= 0.3 is 0 Å². The minimum Gasteiger partial charge on any atom is -0.396 e. The van der Waals surface area contributed by atoms with Gasteiger partial charge in [0.25, 0.3) is 0 Å². The molecule has 0 amide bonds. The van der Waals surface area contributed by atoms with Crippen LogP contribution >= 0.6 is 0 Å². The number of nitrogens with zero attached hydrogens (tertiary/aromatic N) is 2. The fourth-order valence-corrected chi connectivity index (χ4v) is 3.01. The van der Waals surface area contributed by atoms with E-state index >= 15 is 0 Å². The van der Waals surface area contributed by atoms with Crippen LogP contribution in [-0.2, 0) is 6.54 Å². The molecular formula is C16H20N2O. The summed E-state index contributed by atoms with van der Waals surface area (Å²) in [5.74, 6) is 0.665. The number of hydrogen-bond donors (Lipinski definition) is 1. The van der Waals surface area contributed by atoms with Crippen LogP contribution in [0.15, 0.2) is 36.5 Å². The summed E-state index contributed by atoms with van der Waals surface area (Å²) in [5, 5.41) is 10.3. The second-order valence-corrected chi connectivity index (χ2v) is 5.39. The van der Waals surface area contributed by atoms with Gasteiger partial charge in [-0.2, -0.15) is 0 Å². The number of aromatic nitrogens is 1. The molecule has 3 rings (SSSR count). The monoisotopic (exact) mass is 256 g/mol. The van der Waals surface area contributed by atoms with Crippen LogP contribution in [0.25, 0.3) is 10.9 Å². The molecule has 100 valence electrons. The molecule has 1 N–H and O–H groups in total. The third-order valence-corrected chi connectivity index (χ3v) is 4.04. The molecule has 19 heavy (non-hydrogen) atoms. The lowest BCUT2D eigenvalue weighted by atomic mass is 10.1. The molecule has 1 atom stereocenters. The summed E-state index contributed by atoms with van der Waals surface area (Å²) in [6.45, 7) is 3.56. The summed E-state index contributed by atoms with van der Waals surface area (Å²) in [6, 6.07) is 10.5. The van der Waals surface area contributed by atoms with Crippen molar-refractivity contribution in [3.8, 4) is 0 Å². The van der Waals surface area contributed by atoms with Gasteiger partial charge in [-0.1, -0.05) is 18.2 Å². The Bertz CT molecular complexity index is 550. The van der Waals surface area contributed by atoms with Gasteiger partial charge in [0.1, 0.15) is 0 Å². The molecule has 1 unspecified atom stereocenters. The average Bonchev–Trinajstić information content (AvgIpc) is 2.87. The van der Waals surface area contributed by atoms with Gasteiger partial charge in [-0.05, 0) is 43.0 Å². The quantitative estimate of drug-likeness (QED) is 0.912. The SMILES string of the molecule is OCCC1CCN(Cc2ccnc3ccccc23)C1. The Hall–Kier alpha value is -1.45. The van der Waals surface area contributed by atoms with E-state index in [2.05, 4.69) is 34.1 Å². The van der Waals surface area contributed by atoms with E-state index in [4.69, 9.17) is 5.11 Å². The fourth-order valence-electron chi connectivity index (χ4n) is 3.01. The Balaban J connectivity index is 1.75. The van der Waals surface area contributed by atoms with Gasteiger partial charge < -0.3 is 5.11 Å². The summed E-state index contributed by atoms with van der Waals surface area (Å²) in [4.78, 5) is 6.90. The van der Waals surface area contributed by atoms with Crippen LogP contribution in [0.2, 0.25) is 0 Å². The first-order valence-corrected chi connectivity index (χ1v) is 7.02. The first-order valence-electron chi connectivity index (χ1n) is 7.02. The number of aliphatic hydroxyl groups excluding tert-OH is 1. The van der Waals surface area contributed by atoms with Crippen molar-refractivity contribution < 1.29 is 5.11 Å². The maximum Gasteiger partial charge on any atom is 0.0705 e. The lowest BCUT2D eigenvalue weighted by molar-refractivity contribution is 0.249. The first-order chi connectivity index (χ1) is 9.36. The predicted molar refractivity (Wildman–Crippen MR) is 76.8 cm³/mol. The Morgan fingerprint density at radius 2 is 2.16 bits per heavy atom. The second kappa shape index (κ2) is 5.68. The number of fused-ring (bicyclic) bond motifs is 1. The summed E-state index contributed by atoms with van der Waals surface area (Å²) in [5.41, 5.74) is 2.43. The van der Waals surface area contributed by atoms with Crippen LogP contribution in [0.4, 0.5) is 0 Å². The number of likely N-dealkylation sites (tertiary alicyclic amines) is 1. The Labute approximate surface area is 113 Å². The van der Waals surface area contributed by atoms with Crippen molar-refractivity contribution in [3.05, 3.63) is 42.1 Å². The maximum absolute atomic E-state index is 9.02.